The van der Waals surface area contributed by atoms with Crippen LogP contribution in [0.1, 0.15) is 36.4 Å². The van der Waals surface area contributed by atoms with Gasteiger partial charge < -0.3 is 5.32 Å². The zero-order valence-corrected chi connectivity index (χ0v) is 17.6. The van der Waals surface area contributed by atoms with E-state index in [-0.39, 0.29) is 16.8 Å². The summed E-state index contributed by atoms with van der Waals surface area (Å²) in [5, 5.41) is 3.08. The van der Waals surface area contributed by atoms with Gasteiger partial charge in [-0.25, -0.2) is 8.42 Å². The van der Waals surface area contributed by atoms with Crippen LogP contribution in [0, 0.1) is 0 Å². The van der Waals surface area contributed by atoms with E-state index in [0.717, 1.165) is 24.8 Å². The Balaban J connectivity index is 1.76. The number of rotatable bonds is 8. The van der Waals surface area contributed by atoms with Crippen LogP contribution in [0.15, 0.2) is 59.5 Å². The van der Waals surface area contributed by atoms with Crippen LogP contribution in [0.5, 0.6) is 0 Å². The van der Waals surface area contributed by atoms with Crippen LogP contribution < -0.4 is 10.0 Å². The zero-order chi connectivity index (χ0) is 20.0. The van der Waals surface area contributed by atoms with Crippen molar-refractivity contribution in [2.24, 2.45) is 0 Å². The van der Waals surface area contributed by atoms with E-state index >= 15 is 0 Å². The number of hydrogen-bond acceptors (Lipinski definition) is 4. The van der Waals surface area contributed by atoms with Crippen molar-refractivity contribution in [1.82, 2.24) is 10.0 Å². The van der Waals surface area contributed by atoms with E-state index in [1.165, 1.54) is 17.7 Å². The maximum Gasteiger partial charge on any atom is 0.241 e. The molecule has 0 saturated carbocycles. The van der Waals surface area contributed by atoms with Crippen molar-refractivity contribution in [1.29, 1.82) is 0 Å². The molecule has 0 spiro atoms. The molecular weight excluding hydrogens is 392 g/mol. The Labute approximate surface area is 171 Å². The number of carbonyl (C=O) groups excluding carboxylic acids is 1. The van der Waals surface area contributed by atoms with Gasteiger partial charge >= 0.3 is 0 Å². The molecule has 0 heterocycles. The van der Waals surface area contributed by atoms with Crippen LogP contribution in [-0.2, 0) is 21.2 Å². The third-order valence-electron chi connectivity index (χ3n) is 4.96. The van der Waals surface area contributed by atoms with Crippen molar-refractivity contribution in [2.75, 3.05) is 12.0 Å². The topological polar surface area (TPSA) is 75.3 Å². The highest BCUT2D eigenvalue weighted by atomic mass is 32.2. The molecule has 2 atom stereocenters. The van der Waals surface area contributed by atoms with E-state index in [2.05, 4.69) is 16.1 Å². The van der Waals surface area contributed by atoms with Crippen LogP contribution in [0.3, 0.4) is 0 Å². The lowest BCUT2D eigenvalue weighted by atomic mass is 9.87. The normalized spacial score (nSPS) is 17.5. The third kappa shape index (κ3) is 5.16. The summed E-state index contributed by atoms with van der Waals surface area (Å²) in [4.78, 5) is 13.2. The van der Waals surface area contributed by atoms with Gasteiger partial charge in [0, 0.05) is 0 Å². The molecule has 2 aromatic rings. The lowest BCUT2D eigenvalue weighted by Gasteiger charge is -2.28. The second-order valence-electron chi connectivity index (χ2n) is 6.92. The highest BCUT2D eigenvalue weighted by Crippen LogP contribution is 2.29. The fourth-order valence-corrected chi connectivity index (χ4v) is 5.23. The molecule has 1 aliphatic carbocycles. The first-order valence-corrected chi connectivity index (χ1v) is 12.3. The zero-order valence-electron chi connectivity index (χ0n) is 15.9. The van der Waals surface area contributed by atoms with E-state index in [1.54, 1.807) is 30.0 Å². The number of amides is 1. The first kappa shape index (κ1) is 20.9. The van der Waals surface area contributed by atoms with Crippen LogP contribution in [0.2, 0.25) is 0 Å². The minimum atomic E-state index is -3.76. The summed E-state index contributed by atoms with van der Waals surface area (Å²) >= 11 is 1.59. The van der Waals surface area contributed by atoms with E-state index < -0.39 is 16.1 Å². The quantitative estimate of drug-likeness (QED) is 0.690. The van der Waals surface area contributed by atoms with Gasteiger partial charge in [0.25, 0.3) is 0 Å². The summed E-state index contributed by atoms with van der Waals surface area (Å²) < 4.78 is 28.0. The maximum atomic E-state index is 13.0. The predicted octanol–water partition coefficient (Wildman–Crippen LogP) is 3.28. The number of nitrogens with one attached hydrogen (secondary N) is 2. The molecule has 0 radical (unpaired) electrons. The summed E-state index contributed by atoms with van der Waals surface area (Å²) in [6, 6.07) is 15.4. The fourth-order valence-electron chi connectivity index (χ4n) is 3.51. The number of sulfonamides is 1. The molecule has 0 unspecified atom stereocenters. The number of aryl methyl sites for hydroxylation is 1. The van der Waals surface area contributed by atoms with Gasteiger partial charge in [0.2, 0.25) is 15.9 Å². The summed E-state index contributed by atoms with van der Waals surface area (Å²) in [5.41, 5.74) is 2.39. The largest absolute Gasteiger partial charge is 0.348 e. The summed E-state index contributed by atoms with van der Waals surface area (Å²) in [6.45, 7) is 0. The van der Waals surface area contributed by atoms with Crippen LogP contribution >= 0.6 is 11.8 Å². The Hall–Kier alpha value is -1.83. The number of carbonyl (C=O) groups is 1. The van der Waals surface area contributed by atoms with Crippen LogP contribution in [0.25, 0.3) is 0 Å². The molecule has 0 fully saturated rings. The number of benzene rings is 2. The van der Waals surface area contributed by atoms with Crippen molar-refractivity contribution in [3.8, 4) is 0 Å². The van der Waals surface area contributed by atoms with E-state index in [4.69, 9.17) is 0 Å². The molecule has 28 heavy (non-hydrogen) atoms. The van der Waals surface area contributed by atoms with Gasteiger partial charge in [-0.1, -0.05) is 42.5 Å². The molecular formula is C21H26N2O3S2. The molecule has 0 aliphatic heterocycles. The molecule has 1 amide bonds. The predicted molar refractivity (Wildman–Crippen MR) is 114 cm³/mol. The minimum Gasteiger partial charge on any atom is -0.348 e. The van der Waals surface area contributed by atoms with Crippen molar-refractivity contribution < 1.29 is 13.2 Å². The van der Waals surface area contributed by atoms with E-state index in [9.17, 15) is 13.2 Å². The molecule has 7 heteroatoms. The van der Waals surface area contributed by atoms with Crippen molar-refractivity contribution >= 4 is 27.7 Å². The number of fused-ring (bicyclic) bond motifs is 1. The Morgan fingerprint density at radius 2 is 1.86 bits per heavy atom. The molecule has 3 rings (SSSR count). The number of thioether (sulfide) groups is 1. The van der Waals surface area contributed by atoms with Crippen LogP contribution in [0.4, 0.5) is 0 Å². The van der Waals surface area contributed by atoms with Crippen molar-refractivity contribution in [3.63, 3.8) is 0 Å². The second-order valence-corrected chi connectivity index (χ2v) is 9.62. The van der Waals surface area contributed by atoms with E-state index in [0.29, 0.717) is 12.2 Å². The first-order valence-electron chi connectivity index (χ1n) is 9.46. The summed E-state index contributed by atoms with van der Waals surface area (Å²) in [7, 11) is -3.76. The standard InChI is InChI=1S/C21H26N2O3S2/c1-27-15-14-20(23-28(25,26)17-10-3-2-4-11-17)21(24)22-19-13-7-9-16-8-5-6-12-18(16)19/h2-6,8,10-12,19-20,23H,7,9,13-15H2,1H3,(H,22,24)/t19-,20-/m0/s1. The fraction of sp³-hybridized carbons (Fsp3) is 0.381. The monoisotopic (exact) mass is 418 g/mol. The molecule has 0 bridgehead atoms. The molecule has 0 aromatic heterocycles. The van der Waals surface area contributed by atoms with Gasteiger partial charge in [-0.15, -0.1) is 0 Å². The SMILES string of the molecule is CSCC[C@H](NS(=O)(=O)c1ccccc1)C(=O)N[C@H]1CCCc2ccccc21. The van der Waals surface area contributed by atoms with Gasteiger partial charge in [0.1, 0.15) is 6.04 Å². The van der Waals surface area contributed by atoms with Gasteiger partial charge in [-0.2, -0.15) is 16.5 Å². The second kappa shape index (κ2) is 9.58. The first-order chi connectivity index (χ1) is 13.5. The highest BCUT2D eigenvalue weighted by Gasteiger charge is 2.28. The van der Waals surface area contributed by atoms with Gasteiger partial charge in [0.05, 0.1) is 10.9 Å². The van der Waals surface area contributed by atoms with Gasteiger partial charge in [0.15, 0.2) is 0 Å². The minimum absolute atomic E-state index is 0.0736. The molecule has 150 valence electrons. The maximum absolute atomic E-state index is 13.0. The highest BCUT2D eigenvalue weighted by molar-refractivity contribution is 7.98. The molecule has 2 aromatic carbocycles. The molecule has 5 nitrogen and oxygen atoms in total. The smallest absolute Gasteiger partial charge is 0.241 e. The van der Waals surface area contributed by atoms with Crippen molar-refractivity contribution in [2.45, 2.75) is 42.7 Å². The Bertz CT molecular complexity index is 901. The Morgan fingerprint density at radius 3 is 2.61 bits per heavy atom. The lowest BCUT2D eigenvalue weighted by molar-refractivity contribution is -0.123. The van der Waals surface area contributed by atoms with Crippen LogP contribution in [-0.4, -0.2) is 32.4 Å². The van der Waals surface area contributed by atoms with Gasteiger partial charge in [-0.3, -0.25) is 4.79 Å². The van der Waals surface area contributed by atoms with Crippen molar-refractivity contribution in [3.05, 3.63) is 65.7 Å². The number of hydrogen-bond donors (Lipinski definition) is 2. The Morgan fingerprint density at radius 1 is 1.14 bits per heavy atom. The molecule has 2 N–H and O–H groups in total. The lowest BCUT2D eigenvalue weighted by Crippen LogP contribution is -2.48. The van der Waals surface area contributed by atoms with E-state index in [1.807, 2.05) is 24.5 Å². The molecule has 0 saturated heterocycles. The average molecular weight is 419 g/mol. The average Bonchev–Trinajstić information content (AvgIpc) is 2.72. The molecule has 1 aliphatic rings. The summed E-state index contributed by atoms with van der Waals surface area (Å²) in [6.07, 6.45) is 5.27. The third-order valence-corrected chi connectivity index (χ3v) is 7.10. The summed E-state index contributed by atoms with van der Waals surface area (Å²) in [5.74, 6) is 0.423. The Kier molecular flexibility index (Phi) is 7.15. The van der Waals surface area contributed by atoms with Gasteiger partial charge in [-0.05, 0) is 61.0 Å².